The molecule has 0 bridgehead atoms. The standard InChI is InChI=1S/C20H21NS/c1-4-5-6-9-14(2)15-12-13-17-16-10-7-8-11-18(16)22-20(17)19(15)21-3/h4-5,7-8,10-13,21H,2,6,9H2,1,3H3/b5-4-. The maximum absolute atomic E-state index is 4.30. The second kappa shape index (κ2) is 6.37. The number of allylic oxidation sites excluding steroid dienone is 3. The quantitative estimate of drug-likeness (QED) is 0.533. The highest BCUT2D eigenvalue weighted by Gasteiger charge is 2.13. The van der Waals surface area contributed by atoms with E-state index in [4.69, 9.17) is 0 Å². The number of fused-ring (bicyclic) bond motifs is 3. The predicted octanol–water partition coefficient (Wildman–Crippen LogP) is 6.47. The lowest BCUT2D eigenvalue weighted by Gasteiger charge is -2.12. The highest BCUT2D eigenvalue weighted by molar-refractivity contribution is 7.26. The second-order valence-corrected chi connectivity index (χ2v) is 6.48. The van der Waals surface area contributed by atoms with Crippen LogP contribution in [0.15, 0.2) is 55.1 Å². The Morgan fingerprint density at radius 3 is 2.77 bits per heavy atom. The maximum atomic E-state index is 4.30. The lowest BCUT2D eigenvalue weighted by Crippen LogP contribution is -1.95. The minimum atomic E-state index is 0.995. The van der Waals surface area contributed by atoms with Crippen molar-refractivity contribution in [3.63, 3.8) is 0 Å². The van der Waals surface area contributed by atoms with Crippen molar-refractivity contribution in [2.75, 3.05) is 12.4 Å². The van der Waals surface area contributed by atoms with E-state index in [0.717, 1.165) is 12.8 Å². The van der Waals surface area contributed by atoms with Gasteiger partial charge in [0.05, 0.1) is 10.4 Å². The summed E-state index contributed by atoms with van der Waals surface area (Å²) < 4.78 is 2.67. The topological polar surface area (TPSA) is 12.0 Å². The highest BCUT2D eigenvalue weighted by Crippen LogP contribution is 2.41. The van der Waals surface area contributed by atoms with Crippen molar-refractivity contribution in [3.8, 4) is 0 Å². The van der Waals surface area contributed by atoms with Gasteiger partial charge in [-0.25, -0.2) is 0 Å². The number of hydrogen-bond donors (Lipinski definition) is 1. The molecule has 112 valence electrons. The van der Waals surface area contributed by atoms with Gasteiger partial charge in [-0.15, -0.1) is 11.3 Å². The number of benzene rings is 2. The van der Waals surface area contributed by atoms with E-state index in [0.29, 0.717) is 0 Å². The first-order chi connectivity index (χ1) is 10.8. The highest BCUT2D eigenvalue weighted by atomic mass is 32.1. The monoisotopic (exact) mass is 307 g/mol. The molecule has 0 saturated carbocycles. The van der Waals surface area contributed by atoms with Gasteiger partial charge in [-0.05, 0) is 31.4 Å². The molecule has 0 radical (unpaired) electrons. The summed E-state index contributed by atoms with van der Waals surface area (Å²) >= 11 is 1.86. The molecule has 1 aromatic heterocycles. The molecule has 1 N–H and O–H groups in total. The third-order valence-corrected chi connectivity index (χ3v) is 5.23. The van der Waals surface area contributed by atoms with Crippen LogP contribution in [0.4, 0.5) is 5.69 Å². The number of hydrogen-bond acceptors (Lipinski definition) is 2. The SMILES string of the molecule is C=C(CC/C=C\C)c1ccc2c(sc3ccccc32)c1NC. The van der Waals surface area contributed by atoms with Crippen LogP contribution in [0.2, 0.25) is 0 Å². The van der Waals surface area contributed by atoms with E-state index in [1.54, 1.807) is 0 Å². The summed E-state index contributed by atoms with van der Waals surface area (Å²) in [6, 6.07) is 13.1. The molecule has 1 nitrogen and oxygen atoms in total. The van der Waals surface area contributed by atoms with Crippen LogP contribution in [0.5, 0.6) is 0 Å². The zero-order chi connectivity index (χ0) is 15.5. The Labute approximate surface area is 136 Å². The molecule has 1 heterocycles. The van der Waals surface area contributed by atoms with Crippen molar-refractivity contribution >= 4 is 42.8 Å². The summed E-state index contributed by atoms with van der Waals surface area (Å²) in [6.07, 6.45) is 6.34. The van der Waals surface area contributed by atoms with Gasteiger partial charge in [-0.1, -0.05) is 49.1 Å². The average Bonchev–Trinajstić information content (AvgIpc) is 2.92. The van der Waals surface area contributed by atoms with Gasteiger partial charge >= 0.3 is 0 Å². The molecular formula is C20H21NS. The lowest BCUT2D eigenvalue weighted by molar-refractivity contribution is 1.07. The minimum Gasteiger partial charge on any atom is -0.386 e. The van der Waals surface area contributed by atoms with Crippen molar-refractivity contribution < 1.29 is 0 Å². The molecule has 0 atom stereocenters. The Balaban J connectivity index is 2.12. The van der Waals surface area contributed by atoms with Gasteiger partial charge < -0.3 is 5.32 Å². The summed E-state index contributed by atoms with van der Waals surface area (Å²) in [5.74, 6) is 0. The van der Waals surface area contributed by atoms with Gasteiger partial charge in [0.2, 0.25) is 0 Å². The van der Waals surface area contributed by atoms with E-state index in [1.807, 2.05) is 18.4 Å². The van der Waals surface area contributed by atoms with Crippen LogP contribution >= 0.6 is 11.3 Å². The van der Waals surface area contributed by atoms with Crippen LogP contribution < -0.4 is 5.32 Å². The maximum Gasteiger partial charge on any atom is 0.0595 e. The van der Waals surface area contributed by atoms with Crippen molar-refractivity contribution in [1.82, 2.24) is 0 Å². The molecule has 0 aliphatic heterocycles. The van der Waals surface area contributed by atoms with Gasteiger partial charge in [-0.2, -0.15) is 0 Å². The summed E-state index contributed by atoms with van der Waals surface area (Å²) in [5, 5.41) is 6.07. The molecule has 2 aromatic carbocycles. The van der Waals surface area contributed by atoms with Crippen LogP contribution in [0.25, 0.3) is 25.7 Å². The first-order valence-corrected chi connectivity index (χ1v) is 8.49. The van der Waals surface area contributed by atoms with E-state index in [2.05, 4.69) is 67.4 Å². The molecule has 0 aliphatic carbocycles. The van der Waals surface area contributed by atoms with Gasteiger partial charge in [0.1, 0.15) is 0 Å². The fourth-order valence-electron chi connectivity index (χ4n) is 2.89. The first kappa shape index (κ1) is 14.9. The number of anilines is 1. The summed E-state index contributed by atoms with van der Waals surface area (Å²) in [5.41, 5.74) is 3.65. The van der Waals surface area contributed by atoms with E-state index >= 15 is 0 Å². The third kappa shape index (κ3) is 2.55. The smallest absolute Gasteiger partial charge is 0.0595 e. The van der Waals surface area contributed by atoms with E-state index in [9.17, 15) is 0 Å². The Morgan fingerprint density at radius 1 is 1.18 bits per heavy atom. The molecule has 0 fully saturated rings. The molecule has 0 saturated heterocycles. The first-order valence-electron chi connectivity index (χ1n) is 7.67. The molecule has 22 heavy (non-hydrogen) atoms. The molecule has 3 aromatic rings. The zero-order valence-corrected chi connectivity index (χ0v) is 14.0. The largest absolute Gasteiger partial charge is 0.386 e. The van der Waals surface area contributed by atoms with E-state index < -0.39 is 0 Å². The third-order valence-electron chi connectivity index (χ3n) is 4.03. The molecule has 0 spiro atoms. The number of thiophene rings is 1. The predicted molar refractivity (Wildman–Crippen MR) is 102 cm³/mol. The molecule has 3 rings (SSSR count). The van der Waals surface area contributed by atoms with Gasteiger partial charge in [0.25, 0.3) is 0 Å². The molecular weight excluding hydrogens is 286 g/mol. The molecule has 0 unspecified atom stereocenters. The van der Waals surface area contributed by atoms with Crippen LogP contribution in [-0.4, -0.2) is 7.05 Å². The molecule has 0 amide bonds. The van der Waals surface area contributed by atoms with Crippen LogP contribution in [0.3, 0.4) is 0 Å². The Hall–Kier alpha value is -2.06. The van der Waals surface area contributed by atoms with Crippen LogP contribution in [0.1, 0.15) is 25.3 Å². The van der Waals surface area contributed by atoms with Crippen molar-refractivity contribution in [2.24, 2.45) is 0 Å². The normalized spacial score (nSPS) is 11.5. The molecule has 0 aliphatic rings. The zero-order valence-electron chi connectivity index (χ0n) is 13.1. The summed E-state index contributed by atoms with van der Waals surface area (Å²) in [7, 11) is 2.00. The van der Waals surface area contributed by atoms with Crippen LogP contribution in [0, 0.1) is 0 Å². The van der Waals surface area contributed by atoms with Gasteiger partial charge in [-0.3, -0.25) is 0 Å². The lowest BCUT2D eigenvalue weighted by atomic mass is 9.99. The Kier molecular flexibility index (Phi) is 4.30. The van der Waals surface area contributed by atoms with Crippen LogP contribution in [-0.2, 0) is 0 Å². The summed E-state index contributed by atoms with van der Waals surface area (Å²) in [4.78, 5) is 0. The fourth-order valence-corrected chi connectivity index (χ4v) is 4.15. The van der Waals surface area contributed by atoms with E-state index in [1.165, 1.54) is 37.0 Å². The average molecular weight is 307 g/mol. The van der Waals surface area contributed by atoms with Gasteiger partial charge in [0.15, 0.2) is 0 Å². The Bertz CT molecular complexity index is 855. The summed E-state index contributed by atoms with van der Waals surface area (Å²) in [6.45, 7) is 6.36. The number of nitrogens with one attached hydrogen (secondary N) is 1. The van der Waals surface area contributed by atoms with E-state index in [-0.39, 0.29) is 0 Å². The van der Waals surface area contributed by atoms with Gasteiger partial charge in [0, 0.05) is 28.1 Å². The van der Waals surface area contributed by atoms with Crippen molar-refractivity contribution in [3.05, 3.63) is 60.7 Å². The number of rotatable bonds is 5. The van der Waals surface area contributed by atoms with Crippen molar-refractivity contribution in [1.29, 1.82) is 0 Å². The minimum absolute atomic E-state index is 0.995. The van der Waals surface area contributed by atoms with Crippen molar-refractivity contribution in [2.45, 2.75) is 19.8 Å². The Morgan fingerprint density at radius 2 is 2.00 bits per heavy atom. The fraction of sp³-hybridized carbons (Fsp3) is 0.200. The second-order valence-electron chi connectivity index (χ2n) is 5.42. The molecule has 2 heteroatoms.